The Bertz CT molecular complexity index is 1770. The predicted molar refractivity (Wildman–Crippen MR) is 180 cm³/mol. The average Bonchev–Trinajstić information content (AvgIpc) is 3.41. The maximum atomic E-state index is 13.6. The molecule has 2 bridgehead atoms. The van der Waals surface area contributed by atoms with E-state index in [4.69, 9.17) is 4.42 Å². The van der Waals surface area contributed by atoms with Crippen LogP contribution in [0.4, 0.5) is 5.69 Å². The lowest BCUT2D eigenvalue weighted by molar-refractivity contribution is -0.138. The Morgan fingerprint density at radius 1 is 1.08 bits per heavy atom. The van der Waals surface area contributed by atoms with Crippen LogP contribution in [0.5, 0.6) is 0 Å². The van der Waals surface area contributed by atoms with Gasteiger partial charge in [-0.2, -0.15) is 0 Å². The number of rotatable bonds is 13. The molecule has 5 unspecified atom stereocenters. The Hall–Kier alpha value is -5.00. The fraction of sp³-hybridized carbons (Fsp3) is 0.444. The van der Waals surface area contributed by atoms with E-state index in [9.17, 15) is 28.8 Å². The lowest BCUT2D eigenvalue weighted by Gasteiger charge is -2.44. The Morgan fingerprint density at radius 3 is 2.65 bits per heavy atom. The summed E-state index contributed by atoms with van der Waals surface area (Å²) in [6.45, 7) is 7.26. The molecule has 254 valence electrons. The van der Waals surface area contributed by atoms with E-state index in [0.29, 0.717) is 23.0 Å². The Balaban J connectivity index is 1.29. The summed E-state index contributed by atoms with van der Waals surface area (Å²) in [4.78, 5) is 78.0. The summed E-state index contributed by atoms with van der Waals surface area (Å²) in [5.41, 5.74) is 0.349. The molecule has 2 aromatic heterocycles. The summed E-state index contributed by atoms with van der Waals surface area (Å²) in [6, 6.07) is 8.78. The molecule has 2 heterocycles. The number of furan rings is 1. The number of ketones is 1. The molecule has 5 atom stereocenters. The van der Waals surface area contributed by atoms with Crippen molar-refractivity contribution in [2.45, 2.75) is 77.4 Å². The van der Waals surface area contributed by atoms with Crippen LogP contribution in [0.3, 0.4) is 0 Å². The van der Waals surface area contributed by atoms with Gasteiger partial charge >= 0.3 is 0 Å². The molecular formula is C36H43N5O7. The van der Waals surface area contributed by atoms with Crippen molar-refractivity contribution in [3.63, 3.8) is 0 Å². The molecule has 2 saturated carbocycles. The summed E-state index contributed by atoms with van der Waals surface area (Å²) in [6.07, 6.45) is 8.02. The van der Waals surface area contributed by atoms with Gasteiger partial charge in [-0.3, -0.25) is 28.8 Å². The molecule has 0 spiro atoms. The summed E-state index contributed by atoms with van der Waals surface area (Å²) in [5.74, 6) is -1.87. The molecule has 2 aliphatic carbocycles. The van der Waals surface area contributed by atoms with E-state index in [1.54, 1.807) is 25.1 Å². The lowest BCUT2D eigenvalue weighted by Crippen LogP contribution is -2.50. The standard InChI is InChI=1S/C36H43N5O7/c1-4-16-37-34(45)28(42)15-14-26(38-35(46)32-22(3)25-11-5-6-13-29(25)48-32)33(44)39-27-12-8-17-41(36(27)47)20-30(43)40-31-21(2)18-23-9-7-10-24(31)19-23/h4-6,8,11-13,17,21,23-24,26,31H,1,7,9-10,14-16,18-20H2,2-3H3,(H,37,45)(H,38,46)(H,39,44)(H,40,43). The number of hydrogen-bond donors (Lipinski definition) is 4. The number of benzene rings is 1. The predicted octanol–water partition coefficient (Wildman–Crippen LogP) is 3.62. The monoisotopic (exact) mass is 657 g/mol. The van der Waals surface area contributed by atoms with E-state index >= 15 is 0 Å². The van der Waals surface area contributed by atoms with Gasteiger partial charge in [-0.05, 0) is 68.6 Å². The minimum atomic E-state index is -1.32. The normalized spacial score (nSPS) is 20.7. The highest BCUT2D eigenvalue weighted by molar-refractivity contribution is 6.36. The van der Waals surface area contributed by atoms with Gasteiger partial charge in [-0.25, -0.2) is 0 Å². The van der Waals surface area contributed by atoms with E-state index in [1.165, 1.54) is 41.8 Å². The fourth-order valence-electron chi connectivity index (χ4n) is 7.17. The number of Topliss-reactive ketones (excluding diaryl/α,β-unsaturated/α-hetero) is 1. The first-order valence-corrected chi connectivity index (χ1v) is 16.6. The van der Waals surface area contributed by atoms with Crippen LogP contribution in [0.2, 0.25) is 0 Å². The van der Waals surface area contributed by atoms with Crippen LogP contribution in [-0.2, 0) is 25.7 Å². The quantitative estimate of drug-likeness (QED) is 0.161. The van der Waals surface area contributed by atoms with Crippen LogP contribution in [0, 0.1) is 24.7 Å². The van der Waals surface area contributed by atoms with Gasteiger partial charge in [0.15, 0.2) is 5.76 Å². The zero-order valence-corrected chi connectivity index (χ0v) is 27.4. The third-order valence-electron chi connectivity index (χ3n) is 9.56. The van der Waals surface area contributed by atoms with Gasteiger partial charge in [-0.1, -0.05) is 44.0 Å². The molecule has 2 fully saturated rings. The molecule has 4 N–H and O–H groups in total. The zero-order chi connectivity index (χ0) is 34.4. The summed E-state index contributed by atoms with van der Waals surface area (Å²) in [5, 5.41) is 11.5. The molecule has 12 heteroatoms. The number of hydrogen-bond acceptors (Lipinski definition) is 7. The minimum absolute atomic E-state index is 0.00633. The van der Waals surface area contributed by atoms with Gasteiger partial charge in [0.25, 0.3) is 17.4 Å². The first kappa shape index (κ1) is 34.3. The minimum Gasteiger partial charge on any atom is -0.451 e. The summed E-state index contributed by atoms with van der Waals surface area (Å²) >= 11 is 0. The van der Waals surface area contributed by atoms with Crippen LogP contribution in [0.15, 0.2) is 64.5 Å². The molecule has 12 nitrogen and oxygen atoms in total. The molecular weight excluding hydrogens is 614 g/mol. The molecule has 0 saturated heterocycles. The maximum absolute atomic E-state index is 13.6. The van der Waals surface area contributed by atoms with Gasteiger partial charge in [-0.15, -0.1) is 6.58 Å². The van der Waals surface area contributed by atoms with Crippen molar-refractivity contribution >= 4 is 46.1 Å². The highest BCUT2D eigenvalue weighted by Crippen LogP contribution is 2.42. The Kier molecular flexibility index (Phi) is 10.9. The third kappa shape index (κ3) is 7.92. The highest BCUT2D eigenvalue weighted by atomic mass is 16.3. The zero-order valence-electron chi connectivity index (χ0n) is 27.4. The number of nitrogens with zero attached hydrogens (tertiary/aromatic N) is 1. The maximum Gasteiger partial charge on any atom is 0.287 e. The number of aryl methyl sites for hydroxylation is 1. The lowest BCUT2D eigenvalue weighted by atomic mass is 9.65. The fourth-order valence-corrected chi connectivity index (χ4v) is 7.17. The number of carbonyl (C=O) groups is 5. The van der Waals surface area contributed by atoms with Crippen LogP contribution >= 0.6 is 0 Å². The molecule has 1 aromatic carbocycles. The first-order chi connectivity index (χ1) is 23.0. The van der Waals surface area contributed by atoms with Gasteiger partial charge in [0.1, 0.15) is 23.9 Å². The molecule has 3 aromatic rings. The third-order valence-corrected chi connectivity index (χ3v) is 9.56. The van der Waals surface area contributed by atoms with Crippen LogP contribution < -0.4 is 26.8 Å². The largest absolute Gasteiger partial charge is 0.451 e. The number of nitrogens with one attached hydrogen (secondary N) is 4. The summed E-state index contributed by atoms with van der Waals surface area (Å²) in [7, 11) is 0. The van der Waals surface area contributed by atoms with E-state index in [2.05, 4.69) is 34.8 Å². The highest BCUT2D eigenvalue weighted by Gasteiger charge is 2.38. The van der Waals surface area contributed by atoms with Crippen molar-refractivity contribution in [1.82, 2.24) is 20.5 Å². The van der Waals surface area contributed by atoms with Crippen molar-refractivity contribution in [1.29, 1.82) is 0 Å². The van der Waals surface area contributed by atoms with Crippen LogP contribution in [-0.4, -0.2) is 52.6 Å². The van der Waals surface area contributed by atoms with Crippen molar-refractivity contribution in [3.8, 4) is 0 Å². The van der Waals surface area contributed by atoms with Crippen LogP contribution in [0.1, 0.15) is 68.0 Å². The Labute approximate surface area is 278 Å². The number of anilines is 1. The molecule has 0 radical (unpaired) electrons. The second-order valence-corrected chi connectivity index (χ2v) is 13.0. The van der Waals surface area contributed by atoms with E-state index in [-0.39, 0.29) is 49.3 Å². The van der Waals surface area contributed by atoms with Gasteiger partial charge < -0.3 is 30.3 Å². The molecule has 48 heavy (non-hydrogen) atoms. The second kappa shape index (κ2) is 15.3. The topological polar surface area (TPSA) is 169 Å². The van der Waals surface area contributed by atoms with Gasteiger partial charge in [0.2, 0.25) is 17.6 Å². The van der Waals surface area contributed by atoms with Crippen molar-refractivity contribution in [3.05, 3.63) is 76.9 Å². The molecule has 5 rings (SSSR count). The van der Waals surface area contributed by atoms with Gasteiger partial charge in [0.05, 0.1) is 0 Å². The number of fused-ring (bicyclic) bond motifs is 3. The number of para-hydroxylation sites is 1. The van der Waals surface area contributed by atoms with Gasteiger partial charge in [0, 0.05) is 36.2 Å². The molecule has 0 aliphatic heterocycles. The SMILES string of the molecule is C=CCNC(=O)C(=O)CCC(NC(=O)c1oc2ccccc2c1C)C(=O)Nc1cccn(CC(=O)NC2C(C)CC3CCCC2C3)c1=O. The van der Waals surface area contributed by atoms with Crippen molar-refractivity contribution in [2.75, 3.05) is 11.9 Å². The van der Waals surface area contributed by atoms with E-state index < -0.39 is 35.1 Å². The van der Waals surface area contributed by atoms with Crippen molar-refractivity contribution < 1.29 is 28.4 Å². The number of pyridine rings is 1. The molecule has 2 aliphatic rings. The first-order valence-electron chi connectivity index (χ1n) is 16.6. The second-order valence-electron chi connectivity index (χ2n) is 13.0. The molecule has 4 amide bonds. The number of carbonyl (C=O) groups excluding carboxylic acids is 5. The van der Waals surface area contributed by atoms with Crippen LogP contribution in [0.25, 0.3) is 11.0 Å². The summed E-state index contributed by atoms with van der Waals surface area (Å²) < 4.78 is 6.97. The smallest absolute Gasteiger partial charge is 0.287 e. The van der Waals surface area contributed by atoms with E-state index in [0.717, 1.165) is 30.6 Å². The average molecular weight is 658 g/mol. The van der Waals surface area contributed by atoms with Crippen molar-refractivity contribution in [2.24, 2.45) is 17.8 Å². The number of amides is 4. The Morgan fingerprint density at radius 2 is 1.88 bits per heavy atom. The van der Waals surface area contributed by atoms with E-state index in [1.807, 2.05) is 6.07 Å². The number of aromatic nitrogens is 1.